The summed E-state index contributed by atoms with van der Waals surface area (Å²) in [6.07, 6.45) is 1.97. The molecular formula is C15H23N3S. The minimum absolute atomic E-state index is 0.641. The molecule has 1 fully saturated rings. The Kier molecular flexibility index (Phi) is 5.76. The quantitative estimate of drug-likeness (QED) is 0.805. The van der Waals surface area contributed by atoms with E-state index in [1.807, 2.05) is 0 Å². The SMILES string of the molecule is NC(=S)CCCN1CCN(Cc2ccccc2)CC1. The van der Waals surface area contributed by atoms with Crippen LogP contribution in [0, 0.1) is 0 Å². The largest absolute Gasteiger partial charge is 0.393 e. The lowest BCUT2D eigenvalue weighted by Crippen LogP contribution is -2.46. The molecule has 2 rings (SSSR count). The average Bonchev–Trinajstić information content (AvgIpc) is 2.42. The lowest BCUT2D eigenvalue weighted by molar-refractivity contribution is 0.126. The summed E-state index contributed by atoms with van der Waals surface area (Å²) in [6.45, 7) is 6.82. The van der Waals surface area contributed by atoms with E-state index in [2.05, 4.69) is 40.1 Å². The van der Waals surface area contributed by atoms with Crippen molar-refractivity contribution in [3.8, 4) is 0 Å². The molecule has 1 heterocycles. The van der Waals surface area contributed by atoms with E-state index in [4.69, 9.17) is 18.0 Å². The Balaban J connectivity index is 1.66. The summed E-state index contributed by atoms with van der Waals surface area (Å²) in [7, 11) is 0. The van der Waals surface area contributed by atoms with E-state index in [-0.39, 0.29) is 0 Å². The van der Waals surface area contributed by atoms with E-state index >= 15 is 0 Å². The Bertz CT molecular complexity index is 386. The van der Waals surface area contributed by atoms with Gasteiger partial charge in [-0.1, -0.05) is 42.5 Å². The average molecular weight is 277 g/mol. The van der Waals surface area contributed by atoms with Gasteiger partial charge in [0.1, 0.15) is 0 Å². The smallest absolute Gasteiger partial charge is 0.0727 e. The molecule has 4 heteroatoms. The van der Waals surface area contributed by atoms with E-state index in [0.29, 0.717) is 4.99 Å². The van der Waals surface area contributed by atoms with Gasteiger partial charge in [-0.05, 0) is 24.9 Å². The van der Waals surface area contributed by atoms with E-state index in [0.717, 1.165) is 52.1 Å². The van der Waals surface area contributed by atoms with Crippen LogP contribution >= 0.6 is 12.2 Å². The van der Waals surface area contributed by atoms with E-state index in [1.54, 1.807) is 0 Å². The molecule has 0 amide bonds. The first-order chi connectivity index (χ1) is 9.24. The minimum Gasteiger partial charge on any atom is -0.393 e. The van der Waals surface area contributed by atoms with E-state index in [9.17, 15) is 0 Å². The van der Waals surface area contributed by atoms with Crippen LogP contribution in [0.15, 0.2) is 30.3 Å². The molecule has 0 bridgehead atoms. The molecule has 0 aliphatic carbocycles. The highest BCUT2D eigenvalue weighted by molar-refractivity contribution is 7.80. The molecule has 19 heavy (non-hydrogen) atoms. The van der Waals surface area contributed by atoms with Gasteiger partial charge >= 0.3 is 0 Å². The summed E-state index contributed by atoms with van der Waals surface area (Å²) in [5.41, 5.74) is 6.93. The lowest BCUT2D eigenvalue weighted by atomic mass is 10.2. The second-order valence-corrected chi connectivity index (χ2v) is 5.70. The van der Waals surface area contributed by atoms with Crippen LogP contribution in [0.5, 0.6) is 0 Å². The number of thiocarbonyl (C=S) groups is 1. The number of nitrogens with zero attached hydrogens (tertiary/aromatic N) is 2. The summed E-state index contributed by atoms with van der Waals surface area (Å²) in [4.78, 5) is 5.68. The molecule has 1 aromatic carbocycles. The molecule has 0 unspecified atom stereocenters. The van der Waals surface area contributed by atoms with Crippen molar-refractivity contribution in [1.82, 2.24) is 9.80 Å². The standard InChI is InChI=1S/C15H23N3S/c16-15(19)7-4-8-17-9-11-18(12-10-17)13-14-5-2-1-3-6-14/h1-3,5-6H,4,7-13H2,(H2,16,19). The third-order valence-electron chi connectivity index (χ3n) is 3.61. The fraction of sp³-hybridized carbons (Fsp3) is 0.533. The van der Waals surface area contributed by atoms with Crippen LogP contribution in [0.3, 0.4) is 0 Å². The highest BCUT2D eigenvalue weighted by atomic mass is 32.1. The zero-order valence-electron chi connectivity index (χ0n) is 11.4. The summed E-state index contributed by atoms with van der Waals surface area (Å²) < 4.78 is 0. The van der Waals surface area contributed by atoms with Crippen molar-refractivity contribution >= 4 is 17.2 Å². The summed E-state index contributed by atoms with van der Waals surface area (Å²) in [5.74, 6) is 0. The number of rotatable bonds is 6. The highest BCUT2D eigenvalue weighted by Gasteiger charge is 2.16. The maximum atomic E-state index is 5.52. The third kappa shape index (κ3) is 5.27. The lowest BCUT2D eigenvalue weighted by Gasteiger charge is -2.34. The Morgan fingerprint density at radius 1 is 1.05 bits per heavy atom. The van der Waals surface area contributed by atoms with Crippen LogP contribution in [0.25, 0.3) is 0 Å². The van der Waals surface area contributed by atoms with Crippen molar-refractivity contribution in [3.05, 3.63) is 35.9 Å². The van der Waals surface area contributed by atoms with Gasteiger partial charge in [-0.15, -0.1) is 0 Å². The number of benzene rings is 1. The van der Waals surface area contributed by atoms with E-state index in [1.165, 1.54) is 5.56 Å². The highest BCUT2D eigenvalue weighted by Crippen LogP contribution is 2.08. The van der Waals surface area contributed by atoms with Gasteiger partial charge in [0.15, 0.2) is 0 Å². The van der Waals surface area contributed by atoms with Gasteiger partial charge in [-0.25, -0.2) is 0 Å². The molecule has 1 aliphatic heterocycles. The van der Waals surface area contributed by atoms with Crippen LogP contribution in [-0.4, -0.2) is 47.5 Å². The zero-order chi connectivity index (χ0) is 13.5. The van der Waals surface area contributed by atoms with Crippen LogP contribution in [-0.2, 0) is 6.54 Å². The normalized spacial score (nSPS) is 17.5. The van der Waals surface area contributed by atoms with Crippen LogP contribution in [0.1, 0.15) is 18.4 Å². The van der Waals surface area contributed by atoms with Gasteiger partial charge in [0.25, 0.3) is 0 Å². The predicted molar refractivity (Wildman–Crippen MR) is 84.2 cm³/mol. The Hall–Kier alpha value is -0.970. The fourth-order valence-electron chi connectivity index (χ4n) is 2.49. The number of hydrogen-bond acceptors (Lipinski definition) is 3. The molecule has 2 N–H and O–H groups in total. The van der Waals surface area contributed by atoms with Crippen LogP contribution < -0.4 is 5.73 Å². The number of nitrogens with two attached hydrogens (primary N) is 1. The minimum atomic E-state index is 0.641. The molecule has 0 aromatic heterocycles. The molecular weight excluding hydrogens is 254 g/mol. The third-order valence-corrected chi connectivity index (χ3v) is 3.82. The summed E-state index contributed by atoms with van der Waals surface area (Å²) >= 11 is 4.91. The first kappa shape index (κ1) is 14.4. The number of piperazine rings is 1. The molecule has 104 valence electrons. The molecule has 0 atom stereocenters. The van der Waals surface area contributed by atoms with Gasteiger partial charge in [-0.3, -0.25) is 4.90 Å². The van der Waals surface area contributed by atoms with Gasteiger partial charge < -0.3 is 10.6 Å². The maximum absolute atomic E-state index is 5.52. The molecule has 0 spiro atoms. The first-order valence-electron chi connectivity index (χ1n) is 7.01. The molecule has 0 saturated carbocycles. The van der Waals surface area contributed by atoms with Crippen molar-refractivity contribution in [2.75, 3.05) is 32.7 Å². The Labute approximate surface area is 121 Å². The van der Waals surface area contributed by atoms with Crippen LogP contribution in [0.4, 0.5) is 0 Å². The van der Waals surface area contributed by atoms with Crippen LogP contribution in [0.2, 0.25) is 0 Å². The van der Waals surface area contributed by atoms with Gasteiger partial charge in [0, 0.05) is 32.7 Å². The Morgan fingerprint density at radius 2 is 1.68 bits per heavy atom. The second-order valence-electron chi connectivity index (χ2n) is 5.17. The Morgan fingerprint density at radius 3 is 2.32 bits per heavy atom. The van der Waals surface area contributed by atoms with Crippen molar-refractivity contribution in [1.29, 1.82) is 0 Å². The maximum Gasteiger partial charge on any atom is 0.0727 e. The first-order valence-corrected chi connectivity index (χ1v) is 7.42. The van der Waals surface area contributed by atoms with Crippen molar-refractivity contribution in [2.45, 2.75) is 19.4 Å². The zero-order valence-corrected chi connectivity index (χ0v) is 12.2. The van der Waals surface area contributed by atoms with Gasteiger partial charge in [0.2, 0.25) is 0 Å². The number of hydrogen-bond donors (Lipinski definition) is 1. The van der Waals surface area contributed by atoms with Crippen molar-refractivity contribution < 1.29 is 0 Å². The molecule has 3 nitrogen and oxygen atoms in total. The van der Waals surface area contributed by atoms with Gasteiger partial charge in [0.05, 0.1) is 4.99 Å². The summed E-state index contributed by atoms with van der Waals surface area (Å²) in [5, 5.41) is 0. The van der Waals surface area contributed by atoms with Crippen molar-refractivity contribution in [3.63, 3.8) is 0 Å². The fourth-order valence-corrected chi connectivity index (χ4v) is 2.63. The monoisotopic (exact) mass is 277 g/mol. The topological polar surface area (TPSA) is 32.5 Å². The van der Waals surface area contributed by atoms with Crippen molar-refractivity contribution in [2.24, 2.45) is 5.73 Å². The summed E-state index contributed by atoms with van der Waals surface area (Å²) in [6, 6.07) is 10.7. The van der Waals surface area contributed by atoms with E-state index < -0.39 is 0 Å². The predicted octanol–water partition coefficient (Wildman–Crippen LogP) is 1.87. The molecule has 1 aromatic rings. The molecule has 0 radical (unpaired) electrons. The van der Waals surface area contributed by atoms with Gasteiger partial charge in [-0.2, -0.15) is 0 Å². The molecule has 1 aliphatic rings. The second kappa shape index (κ2) is 7.58. The molecule has 1 saturated heterocycles.